The van der Waals surface area contributed by atoms with E-state index in [1.807, 2.05) is 0 Å². The number of carbonyl (C=O) groups excluding carboxylic acids is 4. The van der Waals surface area contributed by atoms with Gasteiger partial charge in [0.1, 0.15) is 17.1 Å². The number of nitrogens with one attached hydrogen (secondary N) is 2. The molecule has 4 atom stereocenters. The normalized spacial score (nSPS) is 23.3. The molecule has 0 spiro atoms. The number of hydrogen-bond acceptors (Lipinski definition) is 9. The Morgan fingerprint density at radius 3 is 2.24 bits per heavy atom. The lowest BCUT2D eigenvalue weighted by atomic mass is 9.59. The highest BCUT2D eigenvalue weighted by Gasteiger charge is 2.56. The molecule has 5 rings (SSSR count). The van der Waals surface area contributed by atoms with E-state index in [2.05, 4.69) is 10.6 Å². The van der Waals surface area contributed by atoms with Crippen LogP contribution in [0.4, 0.5) is 21.9 Å². The zero-order chi connectivity index (χ0) is 30.6. The van der Waals surface area contributed by atoms with Crippen molar-refractivity contribution in [3.05, 3.63) is 64.4 Å². The van der Waals surface area contributed by atoms with Crippen molar-refractivity contribution in [2.24, 2.45) is 23.5 Å². The van der Waals surface area contributed by atoms with Gasteiger partial charge in [0.2, 0.25) is 0 Å². The first-order valence-corrected chi connectivity index (χ1v) is 13.4. The average Bonchev–Trinajstić information content (AvgIpc) is 2.89. The molecule has 2 aromatic carbocycles. The number of primary amides is 1. The van der Waals surface area contributed by atoms with Gasteiger partial charge in [-0.05, 0) is 62.5 Å². The maximum atomic E-state index is 14.0. The number of nitrogens with zero attached hydrogens (tertiary/aromatic N) is 2. The average molecular weight is 576 g/mol. The molecule has 3 amide bonds. The van der Waals surface area contributed by atoms with Crippen molar-refractivity contribution >= 4 is 46.3 Å². The Hall–Kier alpha value is -4.84. The van der Waals surface area contributed by atoms with Gasteiger partial charge in [-0.3, -0.25) is 19.3 Å². The number of anilines is 3. The number of carbonyl (C=O) groups is 4. The third-order valence-electron chi connectivity index (χ3n) is 8.30. The Balaban J connectivity index is 1.60. The van der Waals surface area contributed by atoms with Crippen LogP contribution >= 0.6 is 0 Å². The van der Waals surface area contributed by atoms with E-state index >= 15 is 0 Å². The number of phenolic OH excluding ortho intramolecular Hbond substituents is 1. The summed E-state index contributed by atoms with van der Waals surface area (Å²) in [7, 11) is 6.88. The molecule has 1 saturated carbocycles. The molecule has 3 aliphatic carbocycles. The number of likely N-dealkylation sites (N-methyl/N-ethyl adjacent to an activating group) is 1. The van der Waals surface area contributed by atoms with Gasteiger partial charge in [0.15, 0.2) is 17.3 Å². The highest BCUT2D eigenvalue weighted by atomic mass is 16.3. The molecule has 42 heavy (non-hydrogen) atoms. The highest BCUT2D eigenvalue weighted by Crippen LogP contribution is 2.53. The highest BCUT2D eigenvalue weighted by molar-refractivity contribution is 6.28. The van der Waals surface area contributed by atoms with Crippen LogP contribution in [0.1, 0.15) is 17.5 Å². The number of phenols is 1. The molecule has 1 fully saturated rings. The van der Waals surface area contributed by atoms with Crippen molar-refractivity contribution in [3.63, 3.8) is 0 Å². The second kappa shape index (κ2) is 10.5. The number of rotatable bonds is 5. The number of para-hydroxylation sites is 1. The fourth-order valence-electron chi connectivity index (χ4n) is 6.61. The minimum Gasteiger partial charge on any atom is -0.510 e. The van der Waals surface area contributed by atoms with Crippen LogP contribution in [0.25, 0.3) is 5.76 Å². The van der Waals surface area contributed by atoms with Gasteiger partial charge in [0, 0.05) is 31.0 Å². The van der Waals surface area contributed by atoms with Gasteiger partial charge in [0.25, 0.3) is 5.91 Å². The van der Waals surface area contributed by atoms with Crippen LogP contribution in [0.5, 0.6) is 5.75 Å². The third-order valence-corrected chi connectivity index (χ3v) is 8.30. The van der Waals surface area contributed by atoms with Crippen LogP contribution < -0.4 is 21.3 Å². The summed E-state index contributed by atoms with van der Waals surface area (Å²) in [6, 6.07) is 8.84. The number of hydrogen-bond donors (Lipinski definition) is 6. The smallest absolute Gasteiger partial charge is 0.323 e. The molecular formula is C30H33N5O7. The summed E-state index contributed by atoms with van der Waals surface area (Å²) in [4.78, 5) is 55.7. The Morgan fingerprint density at radius 2 is 1.64 bits per heavy atom. The molecular weight excluding hydrogens is 542 g/mol. The molecule has 0 aliphatic heterocycles. The van der Waals surface area contributed by atoms with E-state index in [0.717, 1.165) is 0 Å². The van der Waals surface area contributed by atoms with Crippen molar-refractivity contribution in [2.75, 3.05) is 43.7 Å². The Bertz CT molecular complexity index is 1580. The molecule has 12 nitrogen and oxygen atoms in total. The second-order valence-electron chi connectivity index (χ2n) is 11.3. The van der Waals surface area contributed by atoms with E-state index in [1.165, 1.54) is 0 Å². The van der Waals surface area contributed by atoms with Gasteiger partial charge in [-0.25, -0.2) is 4.79 Å². The number of aromatic hydroxyl groups is 1. The number of aliphatic hydroxyl groups is 2. The summed E-state index contributed by atoms with van der Waals surface area (Å²) in [5.74, 6) is -6.66. The summed E-state index contributed by atoms with van der Waals surface area (Å²) >= 11 is 0. The number of nitrogens with two attached hydrogens (primary N) is 1. The van der Waals surface area contributed by atoms with Crippen molar-refractivity contribution < 1.29 is 34.5 Å². The first kappa shape index (κ1) is 28.7. The predicted molar refractivity (Wildman–Crippen MR) is 156 cm³/mol. The lowest BCUT2D eigenvalue weighted by Gasteiger charge is -2.46. The maximum Gasteiger partial charge on any atom is 0.323 e. The van der Waals surface area contributed by atoms with Gasteiger partial charge in [0.05, 0.1) is 23.2 Å². The Labute approximate surface area is 242 Å². The van der Waals surface area contributed by atoms with Crippen LogP contribution in [-0.2, 0) is 20.8 Å². The molecule has 12 heteroatoms. The van der Waals surface area contributed by atoms with E-state index in [1.54, 1.807) is 74.4 Å². The zero-order valence-corrected chi connectivity index (χ0v) is 23.6. The van der Waals surface area contributed by atoms with Crippen LogP contribution in [0.2, 0.25) is 0 Å². The van der Waals surface area contributed by atoms with Crippen molar-refractivity contribution in [1.29, 1.82) is 0 Å². The summed E-state index contributed by atoms with van der Waals surface area (Å²) < 4.78 is 0. The molecule has 220 valence electrons. The minimum absolute atomic E-state index is 0.00269. The number of amides is 3. The lowest BCUT2D eigenvalue weighted by molar-refractivity contribution is -0.136. The fraction of sp³-hybridized carbons (Fsp3) is 0.333. The minimum atomic E-state index is -1.35. The van der Waals surface area contributed by atoms with Crippen LogP contribution in [0.15, 0.2) is 53.3 Å². The lowest BCUT2D eigenvalue weighted by Crippen LogP contribution is -2.55. The number of benzene rings is 2. The maximum absolute atomic E-state index is 14.0. The Kier molecular flexibility index (Phi) is 7.19. The molecule has 0 radical (unpaired) electrons. The number of Topliss-reactive ketones (excluding diaryl/α,β-unsaturated/α-hetero) is 2. The summed E-state index contributed by atoms with van der Waals surface area (Å²) in [5.41, 5.74) is 6.44. The monoisotopic (exact) mass is 575 g/mol. The van der Waals surface area contributed by atoms with Crippen LogP contribution in [-0.4, -0.2) is 78.0 Å². The van der Waals surface area contributed by atoms with Crippen LogP contribution in [0.3, 0.4) is 0 Å². The van der Waals surface area contributed by atoms with Gasteiger partial charge < -0.3 is 36.6 Å². The van der Waals surface area contributed by atoms with E-state index in [9.17, 15) is 34.5 Å². The van der Waals surface area contributed by atoms with Crippen LogP contribution in [0, 0.1) is 17.8 Å². The fourth-order valence-corrected chi connectivity index (χ4v) is 6.61. The molecule has 0 bridgehead atoms. The molecule has 2 aromatic rings. The van der Waals surface area contributed by atoms with Crippen molar-refractivity contribution in [2.45, 2.75) is 18.9 Å². The number of aliphatic hydroxyl groups excluding tert-OH is 2. The van der Waals surface area contributed by atoms with E-state index in [4.69, 9.17) is 5.73 Å². The van der Waals surface area contributed by atoms with Crippen molar-refractivity contribution in [1.82, 2.24) is 4.90 Å². The largest absolute Gasteiger partial charge is 0.510 e. The van der Waals surface area contributed by atoms with E-state index in [-0.39, 0.29) is 29.7 Å². The zero-order valence-electron chi connectivity index (χ0n) is 23.6. The summed E-state index contributed by atoms with van der Waals surface area (Å²) in [5, 5.41) is 39.0. The first-order valence-electron chi connectivity index (χ1n) is 13.4. The number of allylic oxidation sites excluding steroid dienone is 1. The SMILES string of the molecule is CN(C)c1cc(NC(=O)Nc2ccccc2)c(O)c2c1CC1CC3C(C(=O)C(C(N)=O)=C(O)C3N(C)C)C(=O)C1=C2O. The number of ketones is 2. The standard InChI is InChI=1S/C30H33N5O7/c1-34(2)18-12-17(33-30(42)32-14-8-6-5-7-9-14)24(36)20-15(18)10-13-11-16-21(26(38)19(13)25(20)37)27(39)22(29(31)41)28(40)23(16)35(3)4/h5-9,12-13,16,21,23,36-37,40H,10-11H2,1-4H3,(H2,31,41)(H2,32,33,42). The predicted octanol–water partition coefficient (Wildman–Crippen LogP) is 2.56. The molecule has 0 heterocycles. The summed E-state index contributed by atoms with van der Waals surface area (Å²) in [6.07, 6.45) is 0.482. The van der Waals surface area contributed by atoms with E-state index in [0.29, 0.717) is 16.9 Å². The number of fused-ring (bicyclic) bond motifs is 3. The first-order chi connectivity index (χ1) is 19.8. The molecule has 7 N–H and O–H groups in total. The third kappa shape index (κ3) is 4.53. The Morgan fingerprint density at radius 1 is 0.976 bits per heavy atom. The van der Waals surface area contributed by atoms with Gasteiger partial charge in [-0.2, -0.15) is 0 Å². The second-order valence-corrected chi connectivity index (χ2v) is 11.3. The molecule has 0 aromatic heterocycles. The quantitative estimate of drug-likeness (QED) is 0.177. The van der Waals surface area contributed by atoms with E-state index < -0.39 is 70.1 Å². The van der Waals surface area contributed by atoms with Gasteiger partial charge in [-0.1, -0.05) is 18.2 Å². The van der Waals surface area contributed by atoms with Gasteiger partial charge >= 0.3 is 6.03 Å². The molecule has 4 unspecified atom stereocenters. The van der Waals surface area contributed by atoms with Gasteiger partial charge in [-0.15, -0.1) is 0 Å². The molecule has 3 aliphatic rings. The number of urea groups is 1. The summed E-state index contributed by atoms with van der Waals surface area (Å²) in [6.45, 7) is 0. The molecule has 0 saturated heterocycles. The van der Waals surface area contributed by atoms with Crippen molar-refractivity contribution in [3.8, 4) is 5.75 Å². The topological polar surface area (TPSA) is 186 Å².